The first kappa shape index (κ1) is 15.0. The molecule has 0 aliphatic carbocycles. The summed E-state index contributed by atoms with van der Waals surface area (Å²) in [4.78, 5) is 0. The highest BCUT2D eigenvalue weighted by Crippen LogP contribution is 2.24. The van der Waals surface area contributed by atoms with Gasteiger partial charge in [-0.05, 0) is 49.9 Å². The van der Waals surface area contributed by atoms with Gasteiger partial charge in [0.25, 0.3) is 0 Å². The number of hydrogen-bond acceptors (Lipinski definition) is 1. The van der Waals surface area contributed by atoms with Crippen LogP contribution >= 0.6 is 0 Å². The minimum absolute atomic E-state index is 0.136. The predicted molar refractivity (Wildman–Crippen MR) is 81.1 cm³/mol. The maximum absolute atomic E-state index is 4.01. The van der Waals surface area contributed by atoms with Crippen LogP contribution in [0.5, 0.6) is 0 Å². The second-order valence-electron chi connectivity index (χ2n) is 5.63. The van der Waals surface area contributed by atoms with E-state index in [2.05, 4.69) is 63.9 Å². The fourth-order valence-corrected chi connectivity index (χ4v) is 2.14. The lowest BCUT2D eigenvalue weighted by Crippen LogP contribution is -2.32. The lowest BCUT2D eigenvalue weighted by atomic mass is 9.83. The summed E-state index contributed by atoms with van der Waals surface area (Å²) in [5.74, 6) is 0. The number of hydrogen-bond donors (Lipinski definition) is 1. The molecule has 0 radical (unpaired) electrons. The second kappa shape index (κ2) is 6.75. The van der Waals surface area contributed by atoms with Crippen molar-refractivity contribution >= 4 is 0 Å². The molecule has 1 aromatic rings. The molecule has 1 atom stereocenters. The molecule has 0 fully saturated rings. The van der Waals surface area contributed by atoms with Crippen LogP contribution in [0, 0.1) is 19.3 Å². The molecular weight excluding hydrogens is 218 g/mol. The van der Waals surface area contributed by atoms with Gasteiger partial charge >= 0.3 is 0 Å². The maximum atomic E-state index is 4.01. The van der Waals surface area contributed by atoms with Gasteiger partial charge in [-0.15, -0.1) is 6.58 Å². The largest absolute Gasteiger partial charge is 0.316 e. The molecule has 18 heavy (non-hydrogen) atoms. The van der Waals surface area contributed by atoms with E-state index in [0.29, 0.717) is 0 Å². The Morgan fingerprint density at radius 3 is 2.56 bits per heavy atom. The van der Waals surface area contributed by atoms with Crippen molar-refractivity contribution in [2.24, 2.45) is 5.41 Å². The molecular formula is C17H27N. The zero-order valence-corrected chi connectivity index (χ0v) is 12.3. The van der Waals surface area contributed by atoms with Crippen molar-refractivity contribution in [2.45, 2.75) is 40.5 Å². The van der Waals surface area contributed by atoms with Crippen LogP contribution in [0.2, 0.25) is 0 Å². The van der Waals surface area contributed by atoms with Gasteiger partial charge in [0, 0.05) is 12.0 Å². The van der Waals surface area contributed by atoms with E-state index in [-0.39, 0.29) is 5.41 Å². The smallest absolute Gasteiger partial charge is 0.00430 e. The van der Waals surface area contributed by atoms with Crippen LogP contribution in [0.1, 0.15) is 37.0 Å². The average Bonchev–Trinajstić information content (AvgIpc) is 2.34. The summed E-state index contributed by atoms with van der Waals surface area (Å²) in [6, 6.07) is 6.76. The number of nitrogens with one attached hydrogen (secondary N) is 1. The van der Waals surface area contributed by atoms with Crippen molar-refractivity contribution < 1.29 is 0 Å². The van der Waals surface area contributed by atoms with Crippen molar-refractivity contribution in [1.82, 2.24) is 5.32 Å². The Labute approximate surface area is 112 Å². The minimum atomic E-state index is 0.136. The third-order valence-electron chi connectivity index (χ3n) is 3.63. The molecule has 0 amide bonds. The molecule has 1 rings (SSSR count). The lowest BCUT2D eigenvalue weighted by Gasteiger charge is -2.26. The van der Waals surface area contributed by atoms with Gasteiger partial charge in [-0.25, -0.2) is 0 Å². The highest BCUT2D eigenvalue weighted by atomic mass is 14.9. The first-order chi connectivity index (χ1) is 8.50. The molecule has 1 N–H and O–H groups in total. The normalized spacial score (nSPS) is 14.2. The zero-order valence-electron chi connectivity index (χ0n) is 12.3. The van der Waals surface area contributed by atoms with Gasteiger partial charge in [-0.3, -0.25) is 0 Å². The quantitative estimate of drug-likeness (QED) is 0.565. The van der Waals surface area contributed by atoms with Gasteiger partial charge < -0.3 is 5.32 Å². The van der Waals surface area contributed by atoms with E-state index in [4.69, 9.17) is 0 Å². The molecule has 0 aliphatic rings. The Balaban J connectivity index is 2.71. The Bertz CT molecular complexity index is 395. The van der Waals surface area contributed by atoms with Gasteiger partial charge in [0.15, 0.2) is 0 Å². The van der Waals surface area contributed by atoms with Crippen molar-refractivity contribution in [3.8, 4) is 0 Å². The third kappa shape index (κ3) is 4.30. The summed E-state index contributed by atoms with van der Waals surface area (Å²) < 4.78 is 0. The first-order valence-electron chi connectivity index (χ1n) is 6.91. The molecule has 0 spiro atoms. The SMILES string of the molecule is C=CC(C)(CNCCC)Cc1ccc(C)c(C)c1. The fraction of sp³-hybridized carbons (Fsp3) is 0.529. The van der Waals surface area contributed by atoms with E-state index in [1.807, 2.05) is 0 Å². The zero-order chi connectivity index (χ0) is 13.6. The average molecular weight is 245 g/mol. The van der Waals surface area contributed by atoms with Crippen molar-refractivity contribution in [1.29, 1.82) is 0 Å². The van der Waals surface area contributed by atoms with Gasteiger partial charge in [-0.2, -0.15) is 0 Å². The summed E-state index contributed by atoms with van der Waals surface area (Å²) >= 11 is 0. The molecule has 0 saturated heterocycles. The first-order valence-corrected chi connectivity index (χ1v) is 6.91. The van der Waals surface area contributed by atoms with E-state index >= 15 is 0 Å². The lowest BCUT2D eigenvalue weighted by molar-refractivity contribution is 0.391. The third-order valence-corrected chi connectivity index (χ3v) is 3.63. The van der Waals surface area contributed by atoms with Crippen molar-refractivity contribution in [3.63, 3.8) is 0 Å². The summed E-state index contributed by atoms with van der Waals surface area (Å²) in [6.45, 7) is 14.9. The van der Waals surface area contributed by atoms with Crippen LogP contribution in [0.25, 0.3) is 0 Å². The molecule has 1 nitrogen and oxygen atoms in total. The molecule has 0 aromatic heterocycles. The highest BCUT2D eigenvalue weighted by molar-refractivity contribution is 5.31. The molecule has 100 valence electrons. The highest BCUT2D eigenvalue weighted by Gasteiger charge is 2.20. The molecule has 1 heteroatoms. The van der Waals surface area contributed by atoms with Gasteiger partial charge in [-0.1, -0.05) is 38.1 Å². The topological polar surface area (TPSA) is 12.0 Å². The molecule has 0 saturated carbocycles. The molecule has 0 aliphatic heterocycles. The Morgan fingerprint density at radius 1 is 1.28 bits per heavy atom. The maximum Gasteiger partial charge on any atom is 0.00430 e. The van der Waals surface area contributed by atoms with Crippen LogP contribution in [0.15, 0.2) is 30.9 Å². The number of rotatable bonds is 7. The van der Waals surface area contributed by atoms with Crippen LogP contribution in [-0.4, -0.2) is 13.1 Å². The van der Waals surface area contributed by atoms with Crippen molar-refractivity contribution in [3.05, 3.63) is 47.5 Å². The van der Waals surface area contributed by atoms with E-state index in [1.54, 1.807) is 0 Å². The van der Waals surface area contributed by atoms with E-state index < -0.39 is 0 Å². The molecule has 0 heterocycles. The monoisotopic (exact) mass is 245 g/mol. The van der Waals surface area contributed by atoms with Crippen LogP contribution in [0.4, 0.5) is 0 Å². The predicted octanol–water partition coefficient (Wildman–Crippen LogP) is 4.04. The number of aryl methyl sites for hydroxylation is 2. The summed E-state index contributed by atoms with van der Waals surface area (Å²) in [6.07, 6.45) is 4.32. The summed E-state index contributed by atoms with van der Waals surface area (Å²) in [5, 5.41) is 3.50. The summed E-state index contributed by atoms with van der Waals surface area (Å²) in [7, 11) is 0. The Kier molecular flexibility index (Phi) is 5.61. The van der Waals surface area contributed by atoms with Crippen LogP contribution in [-0.2, 0) is 6.42 Å². The van der Waals surface area contributed by atoms with E-state index in [1.165, 1.54) is 23.1 Å². The second-order valence-corrected chi connectivity index (χ2v) is 5.63. The van der Waals surface area contributed by atoms with Gasteiger partial charge in [0.1, 0.15) is 0 Å². The minimum Gasteiger partial charge on any atom is -0.316 e. The van der Waals surface area contributed by atoms with E-state index in [0.717, 1.165) is 19.5 Å². The standard InChI is InChI=1S/C17H27N/c1-6-10-18-13-17(5,7-2)12-16-9-8-14(3)15(4)11-16/h7-9,11,18H,2,6,10,12-13H2,1,3-5H3. The van der Waals surface area contributed by atoms with Crippen LogP contribution in [0.3, 0.4) is 0 Å². The number of benzene rings is 1. The Morgan fingerprint density at radius 2 is 2.00 bits per heavy atom. The van der Waals surface area contributed by atoms with Gasteiger partial charge in [0.05, 0.1) is 0 Å². The van der Waals surface area contributed by atoms with Gasteiger partial charge in [0.2, 0.25) is 0 Å². The Hall–Kier alpha value is -1.08. The van der Waals surface area contributed by atoms with Crippen LogP contribution < -0.4 is 5.32 Å². The summed E-state index contributed by atoms with van der Waals surface area (Å²) in [5.41, 5.74) is 4.28. The van der Waals surface area contributed by atoms with E-state index in [9.17, 15) is 0 Å². The fourth-order valence-electron chi connectivity index (χ4n) is 2.14. The molecule has 1 aromatic carbocycles. The molecule has 1 unspecified atom stereocenters. The van der Waals surface area contributed by atoms with Crippen molar-refractivity contribution in [2.75, 3.05) is 13.1 Å². The molecule has 0 bridgehead atoms.